The van der Waals surface area contributed by atoms with Crippen molar-refractivity contribution in [3.05, 3.63) is 88.5 Å². The van der Waals surface area contributed by atoms with Crippen molar-refractivity contribution in [1.82, 2.24) is 14.5 Å². The van der Waals surface area contributed by atoms with E-state index in [0.29, 0.717) is 5.25 Å². The van der Waals surface area contributed by atoms with Crippen LogP contribution in [0.5, 0.6) is 0 Å². The number of thioether (sulfide) groups is 1. The smallest absolute Gasteiger partial charge is 0.269 e. The van der Waals surface area contributed by atoms with E-state index in [1.165, 1.54) is 0 Å². The predicted octanol–water partition coefficient (Wildman–Crippen LogP) is 4.37. The Morgan fingerprint density at radius 2 is 1.97 bits per heavy atom. The van der Waals surface area contributed by atoms with Gasteiger partial charge in [0.25, 0.3) is 5.69 Å². The fourth-order valence-electron chi connectivity index (χ4n) is 4.04. The number of fused-ring (bicyclic) bond motifs is 1. The van der Waals surface area contributed by atoms with Crippen molar-refractivity contribution in [3.63, 3.8) is 0 Å². The maximum atomic E-state index is 11.0. The Hall–Kier alpha value is -3.13. The molecule has 0 aliphatic carbocycles. The summed E-state index contributed by atoms with van der Waals surface area (Å²) < 4.78 is 2.09. The van der Waals surface area contributed by atoms with Gasteiger partial charge in [-0.3, -0.25) is 20.1 Å². The third-order valence-electron chi connectivity index (χ3n) is 5.30. The summed E-state index contributed by atoms with van der Waals surface area (Å²) in [5.74, 6) is 0. The number of rotatable bonds is 4. The zero-order valence-corrected chi connectivity index (χ0v) is 16.6. The molecule has 0 spiro atoms. The Balaban J connectivity index is 1.57. The average Bonchev–Trinajstić information content (AvgIpc) is 3.42. The summed E-state index contributed by atoms with van der Waals surface area (Å²) in [6, 6.07) is 16.7. The van der Waals surface area contributed by atoms with Crippen LogP contribution in [0.2, 0.25) is 0 Å². The lowest BCUT2D eigenvalue weighted by Crippen LogP contribution is -2.30. The van der Waals surface area contributed by atoms with E-state index in [9.17, 15) is 10.1 Å². The molecule has 0 radical (unpaired) electrons. The van der Waals surface area contributed by atoms with Gasteiger partial charge in [0, 0.05) is 47.7 Å². The highest BCUT2D eigenvalue weighted by Gasteiger charge is 2.44. The second-order valence-corrected chi connectivity index (χ2v) is 8.62. The van der Waals surface area contributed by atoms with E-state index in [1.807, 2.05) is 30.5 Å². The van der Waals surface area contributed by atoms with Crippen molar-refractivity contribution in [1.29, 1.82) is 0 Å². The Morgan fingerprint density at radius 1 is 1.14 bits per heavy atom. The van der Waals surface area contributed by atoms with Crippen molar-refractivity contribution < 1.29 is 4.92 Å². The van der Waals surface area contributed by atoms with E-state index in [4.69, 9.17) is 4.99 Å². The van der Waals surface area contributed by atoms with Crippen LogP contribution in [0.1, 0.15) is 30.4 Å². The number of aromatic nitrogens is 2. The zero-order chi connectivity index (χ0) is 20.0. The third kappa shape index (κ3) is 3.09. The molecule has 0 unspecified atom stereocenters. The van der Waals surface area contributed by atoms with Gasteiger partial charge in [-0.1, -0.05) is 24.8 Å². The molecule has 29 heavy (non-hydrogen) atoms. The van der Waals surface area contributed by atoms with Crippen LogP contribution in [0.3, 0.4) is 0 Å². The monoisotopic (exact) mass is 405 g/mol. The molecule has 4 heterocycles. The van der Waals surface area contributed by atoms with Gasteiger partial charge in [-0.25, -0.2) is 0 Å². The lowest BCUT2D eigenvalue weighted by molar-refractivity contribution is -0.384. The summed E-state index contributed by atoms with van der Waals surface area (Å²) in [5.41, 5.74) is 3.03. The molecule has 3 aromatic rings. The number of pyridine rings is 1. The molecule has 1 fully saturated rings. The van der Waals surface area contributed by atoms with Crippen LogP contribution in [0, 0.1) is 10.1 Å². The topological polar surface area (TPSA) is 76.6 Å². The van der Waals surface area contributed by atoms with E-state index in [2.05, 4.69) is 27.4 Å². The molecule has 5 rings (SSSR count). The molecule has 2 aromatic heterocycles. The Kier molecular flexibility index (Phi) is 4.35. The van der Waals surface area contributed by atoms with Gasteiger partial charge in [0.05, 0.1) is 16.7 Å². The summed E-state index contributed by atoms with van der Waals surface area (Å²) in [6.45, 7) is 3.15. The molecule has 2 aliphatic heterocycles. The highest BCUT2D eigenvalue weighted by atomic mass is 32.2. The number of aliphatic imine (C=N–C) groups is 1. The molecule has 1 aromatic carbocycles. The van der Waals surface area contributed by atoms with Gasteiger partial charge in [0.1, 0.15) is 6.04 Å². The predicted molar refractivity (Wildman–Crippen MR) is 113 cm³/mol. The standard InChI is InChI=1S/C21H19N5O2S/c1-14-13-25-20(19(23-21(25)29-14)17-5-2-3-11-22-17)18-6-4-12-24(18)15-7-9-16(10-8-15)26(27)28/h2-12,14,19-20H,13H2,1H3/t14-,19+,20-/m0/s1. The van der Waals surface area contributed by atoms with Gasteiger partial charge < -0.3 is 9.47 Å². The molecule has 0 bridgehead atoms. The molecule has 0 saturated carbocycles. The normalized spacial score (nSPS) is 23.1. The number of nitro groups is 1. The van der Waals surface area contributed by atoms with E-state index in [1.54, 1.807) is 42.2 Å². The fourth-order valence-corrected chi connectivity index (χ4v) is 5.14. The number of hydrogen-bond donors (Lipinski definition) is 0. The average molecular weight is 405 g/mol. The van der Waals surface area contributed by atoms with Crippen LogP contribution in [0.25, 0.3) is 5.69 Å². The molecule has 8 heteroatoms. The van der Waals surface area contributed by atoms with Gasteiger partial charge in [-0.15, -0.1) is 0 Å². The lowest BCUT2D eigenvalue weighted by atomic mass is 10.0. The van der Waals surface area contributed by atoms with Gasteiger partial charge in [-0.05, 0) is 36.4 Å². The van der Waals surface area contributed by atoms with Crippen molar-refractivity contribution in [2.75, 3.05) is 6.54 Å². The summed E-state index contributed by atoms with van der Waals surface area (Å²) in [6.07, 6.45) is 3.80. The number of amidine groups is 1. The highest BCUT2D eigenvalue weighted by molar-refractivity contribution is 8.14. The molecule has 1 saturated heterocycles. The number of benzene rings is 1. The molecule has 3 atom stereocenters. The van der Waals surface area contributed by atoms with Gasteiger partial charge >= 0.3 is 0 Å². The van der Waals surface area contributed by atoms with Crippen LogP contribution >= 0.6 is 11.8 Å². The van der Waals surface area contributed by atoms with Crippen LogP contribution in [0.4, 0.5) is 5.69 Å². The van der Waals surface area contributed by atoms with Crippen LogP contribution in [-0.4, -0.2) is 36.3 Å². The van der Waals surface area contributed by atoms with E-state index < -0.39 is 0 Å². The number of hydrogen-bond acceptors (Lipinski definition) is 6. The summed E-state index contributed by atoms with van der Waals surface area (Å²) in [7, 11) is 0. The first kappa shape index (κ1) is 17.9. The largest absolute Gasteiger partial charge is 0.339 e. The molecule has 146 valence electrons. The zero-order valence-electron chi connectivity index (χ0n) is 15.8. The van der Waals surface area contributed by atoms with Crippen LogP contribution in [0.15, 0.2) is 72.0 Å². The Morgan fingerprint density at radius 3 is 2.69 bits per heavy atom. The minimum absolute atomic E-state index is 0.0301. The summed E-state index contributed by atoms with van der Waals surface area (Å²) in [5, 5.41) is 12.6. The second-order valence-electron chi connectivity index (χ2n) is 7.21. The minimum atomic E-state index is -0.378. The van der Waals surface area contributed by atoms with Gasteiger partial charge in [-0.2, -0.15) is 0 Å². The maximum absolute atomic E-state index is 11.0. The quantitative estimate of drug-likeness (QED) is 0.476. The van der Waals surface area contributed by atoms with Crippen molar-refractivity contribution >= 4 is 22.6 Å². The van der Waals surface area contributed by atoms with E-state index in [-0.39, 0.29) is 22.7 Å². The third-order valence-corrected chi connectivity index (χ3v) is 6.41. The summed E-state index contributed by atoms with van der Waals surface area (Å²) in [4.78, 5) is 22.6. The van der Waals surface area contributed by atoms with Crippen molar-refractivity contribution in [3.8, 4) is 5.69 Å². The maximum Gasteiger partial charge on any atom is 0.269 e. The molecular formula is C21H19N5O2S. The van der Waals surface area contributed by atoms with E-state index >= 15 is 0 Å². The lowest BCUT2D eigenvalue weighted by Gasteiger charge is -2.28. The molecule has 7 nitrogen and oxygen atoms in total. The Bertz CT molecular complexity index is 1080. The molecule has 0 amide bonds. The molecular weight excluding hydrogens is 386 g/mol. The molecule has 2 aliphatic rings. The van der Waals surface area contributed by atoms with Crippen LogP contribution < -0.4 is 0 Å². The summed E-state index contributed by atoms with van der Waals surface area (Å²) >= 11 is 1.81. The van der Waals surface area contributed by atoms with Gasteiger partial charge in [0.2, 0.25) is 0 Å². The Labute approximate surface area is 172 Å². The fraction of sp³-hybridized carbons (Fsp3) is 0.238. The van der Waals surface area contributed by atoms with Crippen molar-refractivity contribution in [2.45, 2.75) is 24.3 Å². The first-order valence-corrected chi connectivity index (χ1v) is 10.3. The van der Waals surface area contributed by atoms with Crippen LogP contribution in [-0.2, 0) is 0 Å². The van der Waals surface area contributed by atoms with Gasteiger partial charge in [0.15, 0.2) is 5.17 Å². The first-order valence-electron chi connectivity index (χ1n) is 9.46. The second kappa shape index (κ2) is 7.04. The number of non-ortho nitro benzene ring substituents is 1. The first-order chi connectivity index (χ1) is 14.1. The number of nitro benzene ring substituents is 1. The number of nitrogens with zero attached hydrogens (tertiary/aromatic N) is 5. The highest BCUT2D eigenvalue weighted by Crippen LogP contribution is 2.47. The molecule has 0 N–H and O–H groups in total. The van der Waals surface area contributed by atoms with E-state index in [0.717, 1.165) is 28.8 Å². The minimum Gasteiger partial charge on any atom is -0.339 e. The van der Waals surface area contributed by atoms with Crippen molar-refractivity contribution in [2.24, 2.45) is 4.99 Å². The SMILES string of the molecule is C[C@H]1CN2C(=N[C@H](c3ccccn3)[C@@H]2c2cccn2-c2ccc([N+](=O)[O-])cc2)S1.